The molecule has 0 atom stereocenters. The summed E-state index contributed by atoms with van der Waals surface area (Å²) in [5.41, 5.74) is 0.528. The van der Waals surface area contributed by atoms with E-state index in [0.29, 0.717) is 21.4 Å². The Labute approximate surface area is 143 Å². The van der Waals surface area contributed by atoms with E-state index in [2.05, 4.69) is 15.2 Å². The summed E-state index contributed by atoms with van der Waals surface area (Å²) in [7, 11) is 0. The molecule has 0 saturated carbocycles. The Morgan fingerprint density at radius 2 is 2.09 bits per heavy atom. The number of benzene rings is 1. The predicted octanol–water partition coefficient (Wildman–Crippen LogP) is 3.55. The average molecular weight is 385 g/mol. The summed E-state index contributed by atoms with van der Waals surface area (Å²) < 4.78 is 35.9. The first kappa shape index (κ1) is 17.9. The lowest BCUT2D eigenvalue weighted by Crippen LogP contribution is -2.34. The van der Waals surface area contributed by atoms with E-state index < -0.39 is 18.6 Å². The number of H-pyrrole nitrogens is 1. The predicted molar refractivity (Wildman–Crippen MR) is 81.6 cm³/mol. The molecule has 0 aliphatic carbocycles. The highest BCUT2D eigenvalue weighted by Crippen LogP contribution is 2.29. The minimum Gasteiger partial charge on any atom is -0.346 e. The van der Waals surface area contributed by atoms with Crippen LogP contribution >= 0.6 is 35.0 Å². The van der Waals surface area contributed by atoms with E-state index in [4.69, 9.17) is 23.2 Å². The van der Waals surface area contributed by atoms with Crippen molar-refractivity contribution in [3.05, 3.63) is 28.2 Å². The number of nitrogens with one attached hydrogen (secondary N) is 2. The Balaban J connectivity index is 1.95. The molecule has 0 saturated heterocycles. The fourth-order valence-electron chi connectivity index (χ4n) is 1.49. The Kier molecular flexibility index (Phi) is 5.77. The van der Waals surface area contributed by atoms with Crippen LogP contribution in [0.4, 0.5) is 13.2 Å². The molecule has 1 aromatic carbocycles. The topological polar surface area (TPSA) is 70.7 Å². The van der Waals surface area contributed by atoms with Gasteiger partial charge in [-0.25, -0.2) is 4.98 Å². The number of hydrogen-bond acceptors (Lipinski definition) is 4. The number of hydrogen-bond donors (Lipinski definition) is 2. The van der Waals surface area contributed by atoms with E-state index in [9.17, 15) is 18.0 Å². The average Bonchev–Trinajstić information content (AvgIpc) is 2.93. The SMILES string of the molecule is O=C(CSc1n[nH]c(-c2cc(Cl)ccc2Cl)n1)NCC(F)(F)F. The van der Waals surface area contributed by atoms with Gasteiger partial charge in [-0.05, 0) is 18.2 Å². The molecular weight excluding hydrogens is 376 g/mol. The van der Waals surface area contributed by atoms with Crippen molar-refractivity contribution in [2.24, 2.45) is 0 Å². The van der Waals surface area contributed by atoms with Crippen LogP contribution in [0.3, 0.4) is 0 Å². The lowest BCUT2D eigenvalue weighted by molar-refractivity contribution is -0.136. The zero-order valence-corrected chi connectivity index (χ0v) is 13.6. The lowest BCUT2D eigenvalue weighted by atomic mass is 10.2. The van der Waals surface area contributed by atoms with Gasteiger partial charge < -0.3 is 5.32 Å². The van der Waals surface area contributed by atoms with Gasteiger partial charge in [-0.1, -0.05) is 35.0 Å². The van der Waals surface area contributed by atoms with Crippen molar-refractivity contribution in [3.8, 4) is 11.4 Å². The quantitative estimate of drug-likeness (QED) is 0.773. The highest BCUT2D eigenvalue weighted by atomic mass is 35.5. The summed E-state index contributed by atoms with van der Waals surface area (Å²) in [5.74, 6) is -0.661. The first-order chi connectivity index (χ1) is 10.7. The van der Waals surface area contributed by atoms with Crippen molar-refractivity contribution in [3.63, 3.8) is 0 Å². The van der Waals surface area contributed by atoms with E-state index in [-0.39, 0.29) is 10.9 Å². The molecule has 0 radical (unpaired) electrons. The second-order valence-electron chi connectivity index (χ2n) is 4.27. The second-order valence-corrected chi connectivity index (χ2v) is 6.06. The maximum absolute atomic E-state index is 12.0. The molecular formula is C12H9Cl2F3N4OS. The van der Waals surface area contributed by atoms with Crippen molar-refractivity contribution < 1.29 is 18.0 Å². The molecule has 0 bridgehead atoms. The highest BCUT2D eigenvalue weighted by molar-refractivity contribution is 7.99. The number of carbonyl (C=O) groups excluding carboxylic acids is 1. The van der Waals surface area contributed by atoms with Crippen LogP contribution in [-0.4, -0.2) is 39.6 Å². The van der Waals surface area contributed by atoms with Gasteiger partial charge in [0.2, 0.25) is 11.1 Å². The number of alkyl halides is 3. The zero-order valence-electron chi connectivity index (χ0n) is 11.2. The minimum atomic E-state index is -4.44. The third-order valence-electron chi connectivity index (χ3n) is 2.47. The molecule has 23 heavy (non-hydrogen) atoms. The van der Waals surface area contributed by atoms with Gasteiger partial charge in [0.25, 0.3) is 0 Å². The molecule has 1 amide bonds. The molecule has 2 aromatic rings. The number of halogens is 5. The molecule has 5 nitrogen and oxygen atoms in total. The Hall–Kier alpha value is -1.45. The molecule has 0 spiro atoms. The monoisotopic (exact) mass is 384 g/mol. The van der Waals surface area contributed by atoms with Crippen molar-refractivity contribution >= 4 is 40.9 Å². The molecule has 1 aromatic heterocycles. The van der Waals surface area contributed by atoms with E-state index in [1.165, 1.54) is 0 Å². The van der Waals surface area contributed by atoms with Crippen LogP contribution in [0.1, 0.15) is 0 Å². The number of carbonyl (C=O) groups is 1. The van der Waals surface area contributed by atoms with Crippen LogP contribution in [0.5, 0.6) is 0 Å². The van der Waals surface area contributed by atoms with Crippen LogP contribution in [0.15, 0.2) is 23.4 Å². The molecule has 0 fully saturated rings. The van der Waals surface area contributed by atoms with Crippen LogP contribution in [0.2, 0.25) is 10.0 Å². The smallest absolute Gasteiger partial charge is 0.346 e. The van der Waals surface area contributed by atoms with Crippen LogP contribution in [0, 0.1) is 0 Å². The molecule has 124 valence electrons. The van der Waals surface area contributed by atoms with Gasteiger partial charge in [0.15, 0.2) is 5.82 Å². The summed E-state index contributed by atoms with van der Waals surface area (Å²) in [6.07, 6.45) is -4.44. The van der Waals surface area contributed by atoms with Gasteiger partial charge in [-0.3, -0.25) is 9.89 Å². The summed E-state index contributed by atoms with van der Waals surface area (Å²) in [6, 6.07) is 4.80. The Morgan fingerprint density at radius 3 is 2.78 bits per heavy atom. The fourth-order valence-corrected chi connectivity index (χ4v) is 2.50. The van der Waals surface area contributed by atoms with Crippen molar-refractivity contribution in [1.29, 1.82) is 0 Å². The molecule has 0 unspecified atom stereocenters. The molecule has 0 aliphatic rings. The van der Waals surface area contributed by atoms with E-state index in [1.54, 1.807) is 23.5 Å². The zero-order chi connectivity index (χ0) is 17.0. The van der Waals surface area contributed by atoms with Crippen molar-refractivity contribution in [1.82, 2.24) is 20.5 Å². The number of amides is 1. The van der Waals surface area contributed by atoms with Crippen molar-refractivity contribution in [2.45, 2.75) is 11.3 Å². The highest BCUT2D eigenvalue weighted by Gasteiger charge is 2.27. The summed E-state index contributed by atoms with van der Waals surface area (Å²) in [4.78, 5) is 15.4. The third-order valence-corrected chi connectivity index (χ3v) is 3.88. The summed E-state index contributed by atoms with van der Waals surface area (Å²) in [5, 5.41) is 9.33. The number of aromatic nitrogens is 3. The van der Waals surface area contributed by atoms with Crippen molar-refractivity contribution in [2.75, 3.05) is 12.3 Å². The van der Waals surface area contributed by atoms with Gasteiger partial charge >= 0.3 is 6.18 Å². The molecule has 1 heterocycles. The van der Waals surface area contributed by atoms with E-state index >= 15 is 0 Å². The molecule has 2 N–H and O–H groups in total. The van der Waals surface area contributed by atoms with Crippen LogP contribution < -0.4 is 5.32 Å². The van der Waals surface area contributed by atoms with Gasteiger partial charge in [-0.15, -0.1) is 5.10 Å². The largest absolute Gasteiger partial charge is 0.405 e. The maximum Gasteiger partial charge on any atom is 0.405 e. The number of nitrogens with zero attached hydrogens (tertiary/aromatic N) is 2. The normalized spacial score (nSPS) is 11.5. The summed E-state index contributed by atoms with van der Waals surface area (Å²) in [6.45, 7) is -1.37. The lowest BCUT2D eigenvalue weighted by Gasteiger charge is -2.07. The number of rotatable bonds is 5. The minimum absolute atomic E-state index is 0.207. The fraction of sp³-hybridized carbons (Fsp3) is 0.250. The Bertz CT molecular complexity index is 708. The maximum atomic E-state index is 12.0. The molecule has 0 aliphatic heterocycles. The van der Waals surface area contributed by atoms with Gasteiger partial charge in [0.1, 0.15) is 6.54 Å². The number of thioether (sulfide) groups is 1. The van der Waals surface area contributed by atoms with Crippen LogP contribution in [-0.2, 0) is 4.79 Å². The van der Waals surface area contributed by atoms with Gasteiger partial charge in [0, 0.05) is 10.6 Å². The van der Waals surface area contributed by atoms with E-state index in [1.807, 2.05) is 0 Å². The number of aromatic amines is 1. The van der Waals surface area contributed by atoms with Crippen LogP contribution in [0.25, 0.3) is 11.4 Å². The van der Waals surface area contributed by atoms with E-state index in [0.717, 1.165) is 11.8 Å². The Morgan fingerprint density at radius 1 is 1.35 bits per heavy atom. The molecule has 2 rings (SSSR count). The van der Waals surface area contributed by atoms with Gasteiger partial charge in [-0.2, -0.15) is 13.2 Å². The standard InChI is InChI=1S/C12H9Cl2F3N4OS/c13-6-1-2-8(14)7(3-6)10-19-11(21-20-10)23-4-9(22)18-5-12(15,16)17/h1-3H,4-5H2,(H,18,22)(H,19,20,21). The second kappa shape index (κ2) is 7.41. The molecule has 11 heteroatoms. The van der Waals surface area contributed by atoms with Gasteiger partial charge in [0.05, 0.1) is 10.8 Å². The first-order valence-corrected chi connectivity index (χ1v) is 7.83. The third kappa shape index (κ3) is 5.60. The summed E-state index contributed by atoms with van der Waals surface area (Å²) >= 11 is 12.8. The first-order valence-electron chi connectivity index (χ1n) is 6.08.